The van der Waals surface area contributed by atoms with Crippen LogP contribution in [0.1, 0.15) is 24.1 Å². The van der Waals surface area contributed by atoms with Gasteiger partial charge in [0.15, 0.2) is 5.82 Å². The first kappa shape index (κ1) is 21.7. The van der Waals surface area contributed by atoms with Gasteiger partial charge < -0.3 is 19.5 Å². The number of nitrogens with one attached hydrogen (secondary N) is 1. The monoisotopic (exact) mass is 459 g/mol. The molecule has 1 aromatic heterocycles. The minimum atomic E-state index is -0.0889. The number of fused-ring (bicyclic) bond motifs is 1. The summed E-state index contributed by atoms with van der Waals surface area (Å²) < 4.78 is 17.1. The summed E-state index contributed by atoms with van der Waals surface area (Å²) in [5.74, 6) is 1.13. The third-order valence-electron chi connectivity index (χ3n) is 5.26. The van der Waals surface area contributed by atoms with E-state index >= 15 is 0 Å². The third-order valence-corrected chi connectivity index (χ3v) is 5.81. The van der Waals surface area contributed by atoms with Gasteiger partial charge in [-0.05, 0) is 36.2 Å². The number of rotatable bonds is 7. The molecule has 1 aliphatic rings. The molecule has 2 atom stereocenters. The molecule has 0 radical (unpaired) electrons. The van der Waals surface area contributed by atoms with Gasteiger partial charge in [0.1, 0.15) is 5.69 Å². The Morgan fingerprint density at radius 3 is 2.52 bits per heavy atom. The second-order valence-corrected chi connectivity index (χ2v) is 7.93. The van der Waals surface area contributed by atoms with Gasteiger partial charge in [0.25, 0.3) is 5.88 Å². The van der Waals surface area contributed by atoms with Crippen molar-refractivity contribution >= 4 is 29.0 Å². The van der Waals surface area contributed by atoms with Gasteiger partial charge in [0.05, 0.1) is 31.4 Å². The first-order chi connectivity index (χ1) is 15.0. The van der Waals surface area contributed by atoms with E-state index in [1.807, 2.05) is 19.1 Å². The van der Waals surface area contributed by atoms with Crippen LogP contribution in [0.3, 0.4) is 0 Å². The van der Waals surface area contributed by atoms with Crippen molar-refractivity contribution in [3.05, 3.63) is 63.6 Å². The van der Waals surface area contributed by atoms with E-state index in [4.69, 9.17) is 37.4 Å². The lowest BCUT2D eigenvalue weighted by Gasteiger charge is -2.23. The van der Waals surface area contributed by atoms with Gasteiger partial charge in [0, 0.05) is 23.6 Å². The average molecular weight is 460 g/mol. The first-order valence-electron chi connectivity index (χ1n) is 9.97. The van der Waals surface area contributed by atoms with Crippen molar-refractivity contribution in [2.24, 2.45) is 0 Å². The summed E-state index contributed by atoms with van der Waals surface area (Å²) in [7, 11) is 3.10. The Bertz CT molecular complexity index is 1090. The van der Waals surface area contributed by atoms with Crippen LogP contribution < -0.4 is 14.8 Å². The summed E-state index contributed by atoms with van der Waals surface area (Å²) in [5.41, 5.74) is 3.55. The van der Waals surface area contributed by atoms with Crippen molar-refractivity contribution in [2.45, 2.75) is 25.5 Å². The zero-order valence-corrected chi connectivity index (χ0v) is 19.0. The maximum atomic E-state index is 6.40. The molecule has 0 bridgehead atoms. The number of halogens is 2. The summed E-state index contributed by atoms with van der Waals surface area (Å²) in [6, 6.07) is 13.4. The van der Waals surface area contributed by atoms with Gasteiger partial charge in [-0.1, -0.05) is 47.5 Å². The van der Waals surface area contributed by atoms with E-state index in [0.717, 1.165) is 6.42 Å². The lowest BCUT2D eigenvalue weighted by Crippen LogP contribution is -2.25. The maximum absolute atomic E-state index is 6.40. The van der Waals surface area contributed by atoms with E-state index < -0.39 is 0 Å². The Hall–Kier alpha value is -2.54. The van der Waals surface area contributed by atoms with Gasteiger partial charge in [-0.25, -0.2) is 4.98 Å². The van der Waals surface area contributed by atoms with Gasteiger partial charge in [-0.3, -0.25) is 0 Å². The predicted molar refractivity (Wildman–Crippen MR) is 123 cm³/mol. The smallest absolute Gasteiger partial charge is 0.258 e. The van der Waals surface area contributed by atoms with Crippen LogP contribution in [-0.4, -0.2) is 36.9 Å². The van der Waals surface area contributed by atoms with E-state index in [9.17, 15) is 0 Å². The zero-order chi connectivity index (χ0) is 22.0. The Morgan fingerprint density at radius 1 is 1.03 bits per heavy atom. The average Bonchev–Trinajstić information content (AvgIpc) is 3.11. The molecule has 1 heterocycles. The molecule has 6 nitrogen and oxygen atoms in total. The number of hydrogen-bond acceptors (Lipinski definition) is 6. The fourth-order valence-electron chi connectivity index (χ4n) is 3.89. The van der Waals surface area contributed by atoms with Crippen molar-refractivity contribution in [1.29, 1.82) is 0 Å². The SMILES string of the molecule is CCOC1Cc2ccccc2C1Nc1nc(OC)c(-c2ccc(Cl)cc2Cl)nc1OC. The number of anilines is 1. The molecule has 1 aliphatic carbocycles. The molecule has 4 rings (SSSR count). The van der Waals surface area contributed by atoms with Gasteiger partial charge >= 0.3 is 0 Å². The minimum Gasteiger partial charge on any atom is -0.479 e. The molecular formula is C23H23Cl2N3O3. The maximum Gasteiger partial charge on any atom is 0.258 e. The van der Waals surface area contributed by atoms with Crippen LogP contribution in [0, 0.1) is 0 Å². The molecular weight excluding hydrogens is 437 g/mol. The number of aromatic nitrogens is 2. The highest BCUT2D eigenvalue weighted by Crippen LogP contribution is 2.40. The van der Waals surface area contributed by atoms with Crippen LogP contribution in [0.5, 0.6) is 11.8 Å². The van der Waals surface area contributed by atoms with E-state index in [2.05, 4.69) is 27.4 Å². The summed E-state index contributed by atoms with van der Waals surface area (Å²) in [5, 5.41) is 4.45. The van der Waals surface area contributed by atoms with Crippen molar-refractivity contribution < 1.29 is 14.2 Å². The van der Waals surface area contributed by atoms with Gasteiger partial charge in [0.2, 0.25) is 5.88 Å². The highest BCUT2D eigenvalue weighted by atomic mass is 35.5. The second kappa shape index (κ2) is 9.30. The van der Waals surface area contributed by atoms with E-state index in [-0.39, 0.29) is 12.1 Å². The van der Waals surface area contributed by atoms with Crippen LogP contribution in [-0.2, 0) is 11.2 Å². The number of hydrogen-bond donors (Lipinski definition) is 1. The molecule has 0 saturated carbocycles. The van der Waals surface area contributed by atoms with Crippen LogP contribution >= 0.6 is 23.2 Å². The fourth-order valence-corrected chi connectivity index (χ4v) is 4.38. The lowest BCUT2D eigenvalue weighted by molar-refractivity contribution is 0.0573. The number of methoxy groups -OCH3 is 2. The quantitative estimate of drug-likeness (QED) is 0.497. The predicted octanol–water partition coefficient (Wildman–Crippen LogP) is 5.58. The fraction of sp³-hybridized carbons (Fsp3) is 0.304. The third kappa shape index (κ3) is 4.28. The molecule has 0 aliphatic heterocycles. The molecule has 0 saturated heterocycles. The van der Waals surface area contributed by atoms with Crippen molar-refractivity contribution in [3.8, 4) is 23.0 Å². The molecule has 8 heteroatoms. The summed E-state index contributed by atoms with van der Waals surface area (Å²) in [6.45, 7) is 2.62. The van der Waals surface area contributed by atoms with E-state index in [0.29, 0.717) is 45.5 Å². The molecule has 2 aromatic carbocycles. The molecule has 3 aromatic rings. The largest absolute Gasteiger partial charge is 0.479 e. The molecule has 162 valence electrons. The Balaban J connectivity index is 1.75. The van der Waals surface area contributed by atoms with Crippen molar-refractivity contribution in [3.63, 3.8) is 0 Å². The minimum absolute atomic E-state index is 0.0229. The van der Waals surface area contributed by atoms with Gasteiger partial charge in [-0.15, -0.1) is 0 Å². The normalized spacial score (nSPS) is 17.3. The van der Waals surface area contributed by atoms with Crippen LogP contribution in [0.15, 0.2) is 42.5 Å². The number of ether oxygens (including phenoxy) is 3. The van der Waals surface area contributed by atoms with E-state index in [1.165, 1.54) is 11.1 Å². The number of nitrogens with zero attached hydrogens (tertiary/aromatic N) is 2. The standard InChI is InChI=1S/C23H23Cl2N3O3/c1-4-31-18-11-13-7-5-6-8-15(13)19(18)26-21-23(30-3)27-20(22(28-21)29-2)16-10-9-14(24)12-17(16)25/h5-10,12,18-19H,4,11H2,1-3H3,(H,26,28). The molecule has 1 N–H and O–H groups in total. The van der Waals surface area contributed by atoms with Crippen molar-refractivity contribution in [1.82, 2.24) is 9.97 Å². The summed E-state index contributed by atoms with van der Waals surface area (Å²) in [4.78, 5) is 9.32. The van der Waals surface area contributed by atoms with Crippen LogP contribution in [0.25, 0.3) is 11.3 Å². The highest BCUT2D eigenvalue weighted by Gasteiger charge is 2.34. The molecule has 0 fully saturated rings. The first-order valence-corrected chi connectivity index (χ1v) is 10.7. The van der Waals surface area contributed by atoms with Crippen LogP contribution in [0.2, 0.25) is 10.0 Å². The zero-order valence-electron chi connectivity index (χ0n) is 17.5. The Labute approximate surface area is 191 Å². The lowest BCUT2D eigenvalue weighted by atomic mass is 10.1. The van der Waals surface area contributed by atoms with Gasteiger partial charge in [-0.2, -0.15) is 4.98 Å². The summed E-state index contributed by atoms with van der Waals surface area (Å²) >= 11 is 12.4. The Morgan fingerprint density at radius 2 is 1.81 bits per heavy atom. The molecule has 2 unspecified atom stereocenters. The summed E-state index contributed by atoms with van der Waals surface area (Å²) in [6.07, 6.45) is 0.804. The second-order valence-electron chi connectivity index (χ2n) is 7.08. The molecule has 31 heavy (non-hydrogen) atoms. The Kier molecular flexibility index (Phi) is 6.51. The molecule has 0 spiro atoms. The van der Waals surface area contributed by atoms with E-state index in [1.54, 1.807) is 32.4 Å². The number of benzene rings is 2. The topological polar surface area (TPSA) is 65.5 Å². The van der Waals surface area contributed by atoms with Crippen molar-refractivity contribution in [2.75, 3.05) is 26.1 Å². The molecule has 0 amide bonds. The highest BCUT2D eigenvalue weighted by molar-refractivity contribution is 6.36. The van der Waals surface area contributed by atoms with Crippen LogP contribution in [0.4, 0.5) is 5.82 Å².